The monoisotopic (exact) mass is 944 g/mol. The number of ketones is 2. The van der Waals surface area contributed by atoms with E-state index in [0.29, 0.717) is 16.7 Å². The van der Waals surface area contributed by atoms with E-state index in [1.165, 1.54) is 55.4 Å². The lowest BCUT2D eigenvalue weighted by Crippen LogP contribution is -2.64. The fourth-order valence-electron chi connectivity index (χ4n) is 7.63. The standard InChI is InChI=1S/C53H65N7O8.CH4/c1-31-41(29-34-21-25-38(26-22-34)43(62)37-18-13-12-14-19-37)56-49(68)53(10,11)59-45(64)33(3)54-47(66)51(6,7)58-44(63)32(2)55-48(67)52(8,9)60-46(65)40(30-42(61)50(4,5)57-31)28-35-23-24-36-17-15-16-20-39(36)27-35;/h12-27,32-33,40-41,57H,1,28-30H2,2-11H3,(H,54,66)(H,55,67)(H,56,68)(H,58,63)(H,59,64)(H,60,65);1H4. The Kier molecular flexibility index (Phi) is 17.2. The molecule has 1 aliphatic heterocycles. The number of carbonyl (C=O) groups excluding carboxylic acids is 8. The van der Waals surface area contributed by atoms with Gasteiger partial charge in [-0.3, -0.25) is 38.4 Å². The highest BCUT2D eigenvalue weighted by molar-refractivity contribution is 6.09. The lowest BCUT2D eigenvalue weighted by molar-refractivity contribution is -0.139. The molecule has 4 atom stereocenters. The quantitative estimate of drug-likeness (QED) is 0.127. The summed E-state index contributed by atoms with van der Waals surface area (Å²) < 4.78 is 0. The Bertz CT molecular complexity index is 2600. The van der Waals surface area contributed by atoms with Crippen LogP contribution in [0.15, 0.2) is 109 Å². The van der Waals surface area contributed by atoms with E-state index in [0.717, 1.165) is 16.3 Å². The second-order valence-corrected chi connectivity index (χ2v) is 19.8. The van der Waals surface area contributed by atoms with Crippen LogP contribution in [-0.2, 0) is 46.4 Å². The van der Waals surface area contributed by atoms with E-state index < -0.39 is 81.6 Å². The van der Waals surface area contributed by atoms with Crippen molar-refractivity contribution in [3.63, 3.8) is 0 Å². The molecule has 1 aliphatic rings. The molecule has 0 saturated carbocycles. The zero-order valence-corrected chi connectivity index (χ0v) is 40.6. The zero-order valence-electron chi connectivity index (χ0n) is 40.6. The van der Waals surface area contributed by atoms with Crippen molar-refractivity contribution in [1.82, 2.24) is 37.2 Å². The Labute approximate surface area is 405 Å². The first-order valence-corrected chi connectivity index (χ1v) is 22.7. The van der Waals surface area contributed by atoms with Crippen LogP contribution in [0, 0.1) is 5.92 Å². The minimum absolute atomic E-state index is 0. The average Bonchev–Trinajstić information content (AvgIpc) is 3.27. The lowest BCUT2D eigenvalue weighted by Gasteiger charge is -2.35. The Morgan fingerprint density at radius 2 is 0.971 bits per heavy atom. The molecule has 1 fully saturated rings. The number of hydrogen-bond acceptors (Lipinski definition) is 9. The van der Waals surface area contributed by atoms with Crippen molar-refractivity contribution in [1.29, 1.82) is 0 Å². The summed E-state index contributed by atoms with van der Waals surface area (Å²) in [6.45, 7) is 19.2. The lowest BCUT2D eigenvalue weighted by atomic mass is 9.85. The SMILES string of the molecule is C.C=C1NC(C)(C)C(=O)CC(Cc2ccc3ccccc3c2)C(=O)NC(C)(C)C(=O)NC(C)C(=O)NC(C)(C)C(=O)NC(C)C(=O)NC(C)(C)C(=O)NC1Cc1ccc(C(=O)c2ccccc2)cc1. The molecule has 15 heteroatoms. The van der Waals surface area contributed by atoms with Gasteiger partial charge in [0.1, 0.15) is 28.7 Å². The van der Waals surface area contributed by atoms with Crippen molar-refractivity contribution >= 4 is 57.8 Å². The van der Waals surface area contributed by atoms with Crippen LogP contribution in [0.25, 0.3) is 10.8 Å². The molecule has 0 radical (unpaired) electrons. The largest absolute Gasteiger partial charge is 0.375 e. The van der Waals surface area contributed by atoms with E-state index >= 15 is 0 Å². The number of amides is 6. The maximum atomic E-state index is 14.5. The number of nitrogens with one attached hydrogen (secondary N) is 7. The van der Waals surface area contributed by atoms with Gasteiger partial charge in [-0.05, 0) is 104 Å². The highest BCUT2D eigenvalue weighted by Crippen LogP contribution is 2.24. The number of benzene rings is 4. The fourth-order valence-corrected chi connectivity index (χ4v) is 7.63. The molecule has 0 bridgehead atoms. The van der Waals surface area contributed by atoms with Crippen LogP contribution in [0.1, 0.15) is 110 Å². The maximum Gasteiger partial charge on any atom is 0.245 e. The summed E-state index contributed by atoms with van der Waals surface area (Å²) in [5, 5.41) is 21.5. The van der Waals surface area contributed by atoms with Gasteiger partial charge in [-0.25, -0.2) is 0 Å². The normalized spacial score (nSPS) is 22.7. The Morgan fingerprint density at radius 3 is 1.51 bits per heavy atom. The molecule has 1 heterocycles. The highest BCUT2D eigenvalue weighted by Gasteiger charge is 2.40. The first kappa shape index (κ1) is 54.4. The Morgan fingerprint density at radius 1 is 0.522 bits per heavy atom. The first-order valence-electron chi connectivity index (χ1n) is 22.7. The molecule has 368 valence electrons. The highest BCUT2D eigenvalue weighted by atomic mass is 16.2. The number of Topliss-reactive ketones (excluding diaryl/α,β-unsaturated/α-hetero) is 1. The third-order valence-electron chi connectivity index (χ3n) is 12.2. The minimum atomic E-state index is -1.58. The molecule has 0 aromatic heterocycles. The molecular formula is C54H69N7O8. The van der Waals surface area contributed by atoms with Crippen molar-refractivity contribution in [3.05, 3.63) is 132 Å². The summed E-state index contributed by atoms with van der Waals surface area (Å²) in [5.41, 5.74) is -3.37. The molecule has 1 saturated heterocycles. The van der Waals surface area contributed by atoms with Gasteiger partial charge in [0.15, 0.2) is 11.6 Å². The maximum absolute atomic E-state index is 14.5. The van der Waals surface area contributed by atoms with Crippen molar-refractivity contribution in [2.45, 2.75) is 136 Å². The predicted molar refractivity (Wildman–Crippen MR) is 268 cm³/mol. The van der Waals surface area contributed by atoms with Crippen molar-refractivity contribution in [2.75, 3.05) is 0 Å². The van der Waals surface area contributed by atoms with Crippen molar-refractivity contribution in [2.24, 2.45) is 5.92 Å². The van der Waals surface area contributed by atoms with Gasteiger partial charge in [0.25, 0.3) is 0 Å². The van der Waals surface area contributed by atoms with Crippen LogP contribution in [0.4, 0.5) is 0 Å². The summed E-state index contributed by atoms with van der Waals surface area (Å²) >= 11 is 0. The Balaban J connectivity index is 0.0000104. The summed E-state index contributed by atoms with van der Waals surface area (Å²) in [6.07, 6.45) is 0.000430. The molecule has 6 amide bonds. The van der Waals surface area contributed by atoms with E-state index in [-0.39, 0.29) is 44.0 Å². The van der Waals surface area contributed by atoms with E-state index in [1.807, 2.05) is 48.5 Å². The van der Waals surface area contributed by atoms with Gasteiger partial charge >= 0.3 is 0 Å². The van der Waals surface area contributed by atoms with Crippen LogP contribution >= 0.6 is 0 Å². The van der Waals surface area contributed by atoms with Gasteiger partial charge < -0.3 is 37.2 Å². The van der Waals surface area contributed by atoms with Gasteiger partial charge in [-0.2, -0.15) is 0 Å². The van der Waals surface area contributed by atoms with Gasteiger partial charge in [-0.15, -0.1) is 0 Å². The van der Waals surface area contributed by atoms with Crippen LogP contribution in [0.3, 0.4) is 0 Å². The van der Waals surface area contributed by atoms with Crippen molar-refractivity contribution < 1.29 is 38.4 Å². The molecule has 0 spiro atoms. The summed E-state index contributed by atoms with van der Waals surface area (Å²) in [6, 6.07) is 26.0. The first-order chi connectivity index (χ1) is 31.7. The topological polar surface area (TPSA) is 221 Å². The molecule has 0 aliphatic carbocycles. The number of hydrogen-bond donors (Lipinski definition) is 7. The van der Waals surface area contributed by atoms with Gasteiger partial charge in [0.05, 0.1) is 11.6 Å². The molecule has 4 aromatic carbocycles. The fraction of sp³-hybridized carbons (Fsp3) is 0.407. The van der Waals surface area contributed by atoms with Crippen LogP contribution in [0.2, 0.25) is 0 Å². The van der Waals surface area contributed by atoms with Gasteiger partial charge in [0, 0.05) is 29.2 Å². The zero-order chi connectivity index (χ0) is 50.4. The molecule has 5 rings (SSSR count). The smallest absolute Gasteiger partial charge is 0.245 e. The molecule has 7 N–H and O–H groups in total. The van der Waals surface area contributed by atoms with Crippen molar-refractivity contribution in [3.8, 4) is 0 Å². The average molecular weight is 944 g/mol. The minimum Gasteiger partial charge on any atom is -0.375 e. The second-order valence-electron chi connectivity index (χ2n) is 19.8. The predicted octanol–water partition coefficient (Wildman–Crippen LogP) is 5.14. The molecular weight excluding hydrogens is 875 g/mol. The van der Waals surface area contributed by atoms with E-state index in [4.69, 9.17) is 0 Å². The molecule has 4 unspecified atom stereocenters. The number of carbonyl (C=O) groups is 8. The summed E-state index contributed by atoms with van der Waals surface area (Å²) in [5.74, 6) is -5.54. The van der Waals surface area contributed by atoms with E-state index in [9.17, 15) is 38.4 Å². The van der Waals surface area contributed by atoms with Crippen LogP contribution in [-0.4, -0.2) is 87.3 Å². The number of fused-ring (bicyclic) bond motifs is 1. The third-order valence-corrected chi connectivity index (χ3v) is 12.2. The van der Waals surface area contributed by atoms with Crippen LogP contribution in [0.5, 0.6) is 0 Å². The van der Waals surface area contributed by atoms with E-state index in [1.54, 1.807) is 62.4 Å². The molecule has 69 heavy (non-hydrogen) atoms. The van der Waals surface area contributed by atoms with Crippen LogP contribution < -0.4 is 37.2 Å². The molecule has 15 nitrogen and oxygen atoms in total. The van der Waals surface area contributed by atoms with Gasteiger partial charge in [-0.1, -0.05) is 111 Å². The third kappa shape index (κ3) is 14.0. The summed E-state index contributed by atoms with van der Waals surface area (Å²) in [7, 11) is 0. The number of rotatable bonds is 6. The second kappa shape index (κ2) is 21.9. The summed E-state index contributed by atoms with van der Waals surface area (Å²) in [4.78, 5) is 111. The van der Waals surface area contributed by atoms with E-state index in [2.05, 4.69) is 43.8 Å². The molecule has 4 aromatic rings. The Hall–Kier alpha value is -7.16. The van der Waals surface area contributed by atoms with Gasteiger partial charge in [0.2, 0.25) is 35.4 Å².